The summed E-state index contributed by atoms with van der Waals surface area (Å²) in [6, 6.07) is 6.69. The molecule has 1 aromatic carbocycles. The lowest BCUT2D eigenvalue weighted by Gasteiger charge is -2.39. The monoisotopic (exact) mass is 275 g/mol. The molecule has 1 aliphatic rings. The van der Waals surface area contributed by atoms with E-state index in [-0.39, 0.29) is 12.5 Å². The third kappa shape index (κ3) is 3.33. The molecule has 2 unspecified atom stereocenters. The van der Waals surface area contributed by atoms with E-state index in [0.29, 0.717) is 12.1 Å². The number of amides is 1. The van der Waals surface area contributed by atoms with E-state index in [4.69, 9.17) is 4.74 Å². The summed E-state index contributed by atoms with van der Waals surface area (Å²) in [5.41, 5.74) is 2.29. The summed E-state index contributed by atoms with van der Waals surface area (Å²) < 4.78 is 5.71. The number of hydrogen-bond donors (Lipinski definition) is 0. The summed E-state index contributed by atoms with van der Waals surface area (Å²) in [6.07, 6.45) is 3.41. The topological polar surface area (TPSA) is 29.5 Å². The normalized spacial score (nSPS) is 22.7. The third-order valence-corrected chi connectivity index (χ3v) is 4.16. The number of rotatable bonds is 3. The average Bonchev–Trinajstić information content (AvgIpc) is 2.37. The van der Waals surface area contributed by atoms with Crippen LogP contribution in [0.2, 0.25) is 0 Å². The molecule has 3 nitrogen and oxygen atoms in total. The molecular weight excluding hydrogens is 250 g/mol. The number of benzene rings is 1. The molecule has 2 atom stereocenters. The van der Waals surface area contributed by atoms with Crippen molar-refractivity contribution < 1.29 is 9.53 Å². The van der Waals surface area contributed by atoms with Gasteiger partial charge in [-0.3, -0.25) is 4.79 Å². The van der Waals surface area contributed by atoms with Crippen LogP contribution >= 0.6 is 0 Å². The number of ether oxygens (including phenoxy) is 1. The molecule has 0 aromatic heterocycles. The molecule has 0 bridgehead atoms. The quantitative estimate of drug-likeness (QED) is 0.845. The molecule has 0 N–H and O–H groups in total. The van der Waals surface area contributed by atoms with Crippen LogP contribution in [0.4, 0.5) is 0 Å². The molecular formula is C17H25NO2. The van der Waals surface area contributed by atoms with Gasteiger partial charge in [-0.1, -0.05) is 17.7 Å². The van der Waals surface area contributed by atoms with Gasteiger partial charge in [-0.2, -0.15) is 0 Å². The molecule has 110 valence electrons. The molecule has 3 heteroatoms. The van der Waals surface area contributed by atoms with E-state index >= 15 is 0 Å². The Kier molecular flexibility index (Phi) is 4.69. The van der Waals surface area contributed by atoms with E-state index in [1.165, 1.54) is 12.0 Å². The Morgan fingerprint density at radius 2 is 1.90 bits per heavy atom. The largest absolute Gasteiger partial charge is 0.483 e. The molecule has 0 radical (unpaired) electrons. The summed E-state index contributed by atoms with van der Waals surface area (Å²) in [7, 11) is 0. The van der Waals surface area contributed by atoms with Crippen molar-refractivity contribution in [3.63, 3.8) is 0 Å². The number of aryl methyl sites for hydroxylation is 2. The van der Waals surface area contributed by atoms with Gasteiger partial charge in [0.2, 0.25) is 0 Å². The highest BCUT2D eigenvalue weighted by molar-refractivity contribution is 5.78. The zero-order valence-corrected chi connectivity index (χ0v) is 13.0. The van der Waals surface area contributed by atoms with Gasteiger partial charge in [-0.05, 0) is 58.6 Å². The Labute approximate surface area is 121 Å². The van der Waals surface area contributed by atoms with Crippen LogP contribution < -0.4 is 4.74 Å². The first-order valence-corrected chi connectivity index (χ1v) is 7.50. The maximum Gasteiger partial charge on any atom is 0.260 e. The minimum absolute atomic E-state index is 0.102. The molecule has 1 fully saturated rings. The molecule has 1 saturated heterocycles. The fourth-order valence-corrected chi connectivity index (χ4v) is 3.09. The first-order chi connectivity index (χ1) is 9.49. The van der Waals surface area contributed by atoms with Crippen molar-refractivity contribution in [2.24, 2.45) is 0 Å². The van der Waals surface area contributed by atoms with E-state index in [1.807, 2.05) is 24.0 Å². The lowest BCUT2D eigenvalue weighted by molar-refractivity contribution is -0.139. The number of piperidine rings is 1. The Balaban J connectivity index is 1.97. The molecule has 1 aromatic rings. The number of hydrogen-bond acceptors (Lipinski definition) is 2. The molecule has 1 aliphatic heterocycles. The first-order valence-electron chi connectivity index (χ1n) is 7.50. The predicted molar refractivity (Wildman–Crippen MR) is 81.0 cm³/mol. The third-order valence-electron chi connectivity index (χ3n) is 4.16. The van der Waals surface area contributed by atoms with E-state index in [9.17, 15) is 4.79 Å². The smallest absolute Gasteiger partial charge is 0.260 e. The molecule has 0 saturated carbocycles. The molecule has 1 amide bonds. The lowest BCUT2D eigenvalue weighted by atomic mass is 9.97. The van der Waals surface area contributed by atoms with E-state index in [1.54, 1.807) is 0 Å². The Hall–Kier alpha value is -1.51. The van der Waals surface area contributed by atoms with Gasteiger partial charge >= 0.3 is 0 Å². The second-order valence-electron chi connectivity index (χ2n) is 5.99. The second-order valence-corrected chi connectivity index (χ2v) is 5.99. The number of carbonyl (C=O) groups is 1. The highest BCUT2D eigenvalue weighted by Gasteiger charge is 2.28. The summed E-state index contributed by atoms with van der Waals surface area (Å²) in [4.78, 5) is 14.4. The average molecular weight is 275 g/mol. The SMILES string of the molecule is Cc1ccc(OCC(=O)N2C(C)CCCC2C)c(C)c1. The number of nitrogens with zero attached hydrogens (tertiary/aromatic N) is 1. The maximum absolute atomic E-state index is 12.4. The Bertz CT molecular complexity index is 474. The molecule has 20 heavy (non-hydrogen) atoms. The van der Waals surface area contributed by atoms with E-state index < -0.39 is 0 Å². The number of likely N-dealkylation sites (tertiary alicyclic amines) is 1. The van der Waals surface area contributed by atoms with Gasteiger partial charge < -0.3 is 9.64 Å². The van der Waals surface area contributed by atoms with Crippen molar-refractivity contribution in [2.75, 3.05) is 6.61 Å². The van der Waals surface area contributed by atoms with Crippen molar-refractivity contribution in [3.05, 3.63) is 29.3 Å². The molecule has 1 heterocycles. The molecule has 2 rings (SSSR count). The zero-order valence-electron chi connectivity index (χ0n) is 13.0. The van der Waals surface area contributed by atoms with Gasteiger partial charge in [-0.15, -0.1) is 0 Å². The second kappa shape index (κ2) is 6.29. The summed E-state index contributed by atoms with van der Waals surface area (Å²) >= 11 is 0. The van der Waals surface area contributed by atoms with Crippen LogP contribution in [0.15, 0.2) is 18.2 Å². The predicted octanol–water partition coefficient (Wildman–Crippen LogP) is 3.47. The van der Waals surface area contributed by atoms with Crippen LogP contribution in [0, 0.1) is 13.8 Å². The molecule has 0 spiro atoms. The minimum atomic E-state index is 0.102. The van der Waals surface area contributed by atoms with Crippen molar-refractivity contribution in [3.8, 4) is 5.75 Å². The van der Waals surface area contributed by atoms with Gasteiger partial charge in [0, 0.05) is 12.1 Å². The van der Waals surface area contributed by atoms with Gasteiger partial charge in [0.25, 0.3) is 5.91 Å². The highest BCUT2D eigenvalue weighted by atomic mass is 16.5. The lowest BCUT2D eigenvalue weighted by Crippen LogP contribution is -2.49. The minimum Gasteiger partial charge on any atom is -0.483 e. The van der Waals surface area contributed by atoms with Crippen molar-refractivity contribution in [1.29, 1.82) is 0 Å². The number of carbonyl (C=O) groups excluding carboxylic acids is 1. The fourth-order valence-electron chi connectivity index (χ4n) is 3.09. The molecule has 0 aliphatic carbocycles. The van der Waals surface area contributed by atoms with Crippen molar-refractivity contribution >= 4 is 5.91 Å². The Morgan fingerprint density at radius 3 is 2.50 bits per heavy atom. The van der Waals surface area contributed by atoms with Crippen LogP contribution in [0.25, 0.3) is 0 Å². The van der Waals surface area contributed by atoms with Crippen LogP contribution in [0.3, 0.4) is 0 Å². The standard InChI is InChI=1S/C17H25NO2/c1-12-8-9-16(13(2)10-12)20-11-17(19)18-14(3)6-5-7-15(18)4/h8-10,14-15H,5-7,11H2,1-4H3. The van der Waals surface area contributed by atoms with E-state index in [0.717, 1.165) is 24.2 Å². The van der Waals surface area contributed by atoms with Crippen LogP contribution in [-0.2, 0) is 4.79 Å². The van der Waals surface area contributed by atoms with Crippen molar-refractivity contribution in [2.45, 2.75) is 59.0 Å². The summed E-state index contributed by atoms with van der Waals surface area (Å²) in [6.45, 7) is 8.46. The van der Waals surface area contributed by atoms with Crippen LogP contribution in [0.5, 0.6) is 5.75 Å². The van der Waals surface area contributed by atoms with Gasteiger partial charge in [0.15, 0.2) is 6.61 Å². The van der Waals surface area contributed by atoms with Crippen LogP contribution in [0.1, 0.15) is 44.2 Å². The van der Waals surface area contributed by atoms with Gasteiger partial charge in [0.05, 0.1) is 0 Å². The summed E-state index contributed by atoms with van der Waals surface area (Å²) in [5, 5.41) is 0. The zero-order chi connectivity index (χ0) is 14.7. The van der Waals surface area contributed by atoms with Crippen molar-refractivity contribution in [1.82, 2.24) is 4.90 Å². The summed E-state index contributed by atoms with van der Waals surface area (Å²) in [5.74, 6) is 0.908. The highest BCUT2D eigenvalue weighted by Crippen LogP contribution is 2.23. The van der Waals surface area contributed by atoms with Gasteiger partial charge in [-0.25, -0.2) is 0 Å². The Morgan fingerprint density at radius 1 is 1.25 bits per heavy atom. The maximum atomic E-state index is 12.4. The van der Waals surface area contributed by atoms with Gasteiger partial charge in [0.1, 0.15) is 5.75 Å². The first kappa shape index (κ1) is 14.9. The van der Waals surface area contributed by atoms with E-state index in [2.05, 4.69) is 26.8 Å². The fraction of sp³-hybridized carbons (Fsp3) is 0.588. The van der Waals surface area contributed by atoms with Crippen LogP contribution in [-0.4, -0.2) is 29.5 Å².